The van der Waals surface area contributed by atoms with Gasteiger partial charge in [-0.25, -0.2) is 0 Å². The fourth-order valence-electron chi connectivity index (χ4n) is 5.20. The number of hydrogen-bond acceptors (Lipinski definition) is 0. The van der Waals surface area contributed by atoms with Crippen LogP contribution in [0.25, 0.3) is 0 Å². The van der Waals surface area contributed by atoms with Crippen LogP contribution in [0.4, 0.5) is 0 Å². The number of allylic oxidation sites excluding steroid dienone is 12. The summed E-state index contributed by atoms with van der Waals surface area (Å²) < 4.78 is 5.77. The molecule has 0 aromatic heterocycles. The molecule has 28 heavy (non-hydrogen) atoms. The molecule has 0 heterocycles. The summed E-state index contributed by atoms with van der Waals surface area (Å²) >= 11 is -2.42. The van der Waals surface area contributed by atoms with Gasteiger partial charge >= 0.3 is 187 Å². The van der Waals surface area contributed by atoms with Crippen LogP contribution in [0, 0.1) is 47.7 Å². The Morgan fingerprint density at radius 2 is 0.893 bits per heavy atom. The molecule has 0 aromatic rings. The summed E-state index contributed by atoms with van der Waals surface area (Å²) in [4.78, 5) is 0. The fraction of sp³-hybridized carbons (Fsp3) is 0.556. The van der Waals surface area contributed by atoms with Crippen molar-refractivity contribution in [3.63, 3.8) is 0 Å². The van der Waals surface area contributed by atoms with E-state index in [0.717, 1.165) is 0 Å². The van der Waals surface area contributed by atoms with Crippen LogP contribution in [0.5, 0.6) is 0 Å². The second-order valence-electron chi connectivity index (χ2n) is 9.12. The third-order valence-corrected chi connectivity index (χ3v) is 19.4. The van der Waals surface area contributed by atoms with E-state index >= 15 is 0 Å². The molecule has 0 aromatic carbocycles. The van der Waals surface area contributed by atoms with Crippen molar-refractivity contribution >= 4 is 0 Å². The molecule has 0 radical (unpaired) electrons. The Bertz CT molecular complexity index is 663. The third-order valence-electron chi connectivity index (χ3n) is 7.49. The first-order valence-electron chi connectivity index (χ1n) is 11.7. The monoisotopic (exact) mass is 502 g/mol. The van der Waals surface area contributed by atoms with E-state index in [0.29, 0.717) is 17.8 Å². The standard InChI is InChI=1S/3C9H13.La/c3*1-3-8(2)9-6-4-5-7-9;/h3*4,6,8H,3,5H2,1-2H3;. The molecule has 1 heteroatoms. The molecule has 0 nitrogen and oxygen atoms in total. The molecule has 0 fully saturated rings. The summed E-state index contributed by atoms with van der Waals surface area (Å²) in [7, 11) is 0. The Kier molecular flexibility index (Phi) is 8.05. The van der Waals surface area contributed by atoms with E-state index in [1.807, 2.05) is 5.93 Å². The van der Waals surface area contributed by atoms with Gasteiger partial charge in [0.05, 0.1) is 0 Å². The van der Waals surface area contributed by atoms with Crippen molar-refractivity contribution in [1.82, 2.24) is 0 Å². The van der Waals surface area contributed by atoms with Crippen LogP contribution in [0.1, 0.15) is 80.1 Å². The zero-order valence-electron chi connectivity index (χ0n) is 19.0. The SMILES string of the molecule is CCC(C)C1=[C]([La]([C]2=C(C(C)CC)C=CC2)[C]2=C(C(C)CC)C=CC2)CC=C1. The van der Waals surface area contributed by atoms with Gasteiger partial charge in [0.25, 0.3) is 0 Å². The molecule has 0 saturated carbocycles. The van der Waals surface area contributed by atoms with Crippen LogP contribution in [0.15, 0.2) is 59.1 Å². The van der Waals surface area contributed by atoms with Crippen molar-refractivity contribution in [3.05, 3.63) is 59.1 Å². The van der Waals surface area contributed by atoms with Gasteiger partial charge in [0, 0.05) is 0 Å². The van der Waals surface area contributed by atoms with Crippen LogP contribution in [-0.2, 0) is 0 Å². The predicted octanol–water partition coefficient (Wildman–Crippen LogP) is 8.39. The van der Waals surface area contributed by atoms with Crippen molar-refractivity contribution in [1.29, 1.82) is 0 Å². The second kappa shape index (κ2) is 10.1. The Hall–Kier alpha value is -0.365. The summed E-state index contributed by atoms with van der Waals surface area (Å²) in [6, 6.07) is 0. The molecule has 3 aliphatic rings. The Labute approximate surface area is 185 Å². The van der Waals surface area contributed by atoms with Gasteiger partial charge in [-0.05, 0) is 0 Å². The van der Waals surface area contributed by atoms with Gasteiger partial charge in [-0.15, -0.1) is 0 Å². The molecule has 3 atom stereocenters. The molecule has 0 spiro atoms. The quantitative estimate of drug-likeness (QED) is 0.297. The Morgan fingerprint density at radius 1 is 0.607 bits per heavy atom. The van der Waals surface area contributed by atoms with E-state index < -0.39 is 30.0 Å². The number of rotatable bonds is 9. The summed E-state index contributed by atoms with van der Waals surface area (Å²) in [6.45, 7) is 14.4. The average molecular weight is 503 g/mol. The summed E-state index contributed by atoms with van der Waals surface area (Å²) in [5.74, 6) is 2.13. The van der Waals surface area contributed by atoms with Crippen molar-refractivity contribution in [3.8, 4) is 0 Å². The average Bonchev–Trinajstić information content (AvgIpc) is 3.47. The van der Waals surface area contributed by atoms with Crippen molar-refractivity contribution in [2.75, 3.05) is 0 Å². The molecule has 0 aliphatic heterocycles. The van der Waals surface area contributed by atoms with E-state index in [9.17, 15) is 0 Å². The Morgan fingerprint density at radius 3 is 1.14 bits per heavy atom. The van der Waals surface area contributed by atoms with Crippen LogP contribution >= 0.6 is 0 Å². The van der Waals surface area contributed by atoms with Crippen LogP contribution in [-0.4, -0.2) is 0 Å². The fourth-order valence-corrected chi connectivity index (χ4v) is 19.4. The van der Waals surface area contributed by atoms with Crippen LogP contribution in [0.3, 0.4) is 0 Å². The molecular weight excluding hydrogens is 463 g/mol. The van der Waals surface area contributed by atoms with E-state index in [1.54, 1.807) is 16.7 Å². The second-order valence-corrected chi connectivity index (χ2v) is 18.4. The van der Waals surface area contributed by atoms with Gasteiger partial charge < -0.3 is 0 Å². The molecule has 0 amide bonds. The van der Waals surface area contributed by atoms with Gasteiger partial charge in [-0.3, -0.25) is 0 Å². The van der Waals surface area contributed by atoms with Gasteiger partial charge in [-0.2, -0.15) is 0 Å². The van der Waals surface area contributed by atoms with Gasteiger partial charge in [0.1, 0.15) is 0 Å². The third kappa shape index (κ3) is 4.37. The molecular formula is C27H39La. The van der Waals surface area contributed by atoms with Gasteiger partial charge in [0.2, 0.25) is 0 Å². The maximum atomic E-state index is 2.49. The molecule has 3 aliphatic carbocycles. The predicted molar refractivity (Wildman–Crippen MR) is 121 cm³/mol. The van der Waals surface area contributed by atoms with Crippen molar-refractivity contribution in [2.24, 2.45) is 17.8 Å². The summed E-state index contributed by atoms with van der Waals surface area (Å²) in [6.07, 6.45) is 22.4. The van der Waals surface area contributed by atoms with E-state index in [1.165, 1.54) is 38.5 Å². The van der Waals surface area contributed by atoms with Crippen LogP contribution in [0.2, 0.25) is 0 Å². The molecule has 3 rings (SSSR count). The van der Waals surface area contributed by atoms with E-state index in [-0.39, 0.29) is 0 Å². The van der Waals surface area contributed by atoms with E-state index in [4.69, 9.17) is 0 Å². The topological polar surface area (TPSA) is 0 Å². The first-order valence-corrected chi connectivity index (χ1v) is 17.2. The first-order chi connectivity index (χ1) is 13.5. The molecule has 3 unspecified atom stereocenters. The zero-order valence-corrected chi connectivity index (χ0v) is 22.6. The normalized spacial score (nSPS) is 22.1. The van der Waals surface area contributed by atoms with Crippen molar-refractivity contribution in [2.45, 2.75) is 80.1 Å². The van der Waals surface area contributed by atoms with E-state index in [2.05, 4.69) is 78.0 Å². The first kappa shape index (κ1) is 22.3. The minimum atomic E-state index is -2.42. The van der Waals surface area contributed by atoms with Gasteiger partial charge in [0.15, 0.2) is 0 Å². The molecule has 150 valence electrons. The Balaban J connectivity index is 2.17. The molecule has 0 saturated heterocycles. The van der Waals surface area contributed by atoms with Crippen molar-refractivity contribution < 1.29 is 30.0 Å². The zero-order chi connectivity index (χ0) is 20.3. The molecule has 0 bridgehead atoms. The number of hydrogen-bond donors (Lipinski definition) is 0. The maximum absolute atomic E-state index is 2.49. The summed E-state index contributed by atoms with van der Waals surface area (Å²) in [5.41, 5.74) is 5.17. The minimum absolute atomic E-state index is 0.709. The molecule has 0 N–H and O–H groups in total. The van der Waals surface area contributed by atoms with Crippen LogP contribution < -0.4 is 0 Å². The van der Waals surface area contributed by atoms with Gasteiger partial charge in [-0.1, -0.05) is 0 Å². The summed E-state index contributed by atoms with van der Waals surface area (Å²) in [5, 5.41) is 0.